The maximum absolute atomic E-state index is 13.0. The Labute approximate surface area is 163 Å². The Bertz CT molecular complexity index is 1190. The molecule has 0 N–H and O–H groups in total. The summed E-state index contributed by atoms with van der Waals surface area (Å²) in [6.45, 7) is 4.44. The number of imidazole rings is 1. The van der Waals surface area contributed by atoms with Crippen molar-refractivity contribution >= 4 is 22.8 Å². The molecule has 1 fully saturated rings. The molecule has 1 aliphatic rings. The van der Waals surface area contributed by atoms with Crippen LogP contribution in [0.1, 0.15) is 11.4 Å². The number of nitrogens with zero attached hydrogens (tertiary/aromatic N) is 8. The molecule has 5 rings (SSSR count). The van der Waals surface area contributed by atoms with Gasteiger partial charge in [0.25, 0.3) is 0 Å². The van der Waals surface area contributed by atoms with E-state index >= 15 is 0 Å². The second-order valence-corrected chi connectivity index (χ2v) is 6.95. The van der Waals surface area contributed by atoms with Crippen molar-refractivity contribution in [2.45, 2.75) is 13.1 Å². The van der Waals surface area contributed by atoms with Gasteiger partial charge in [-0.15, -0.1) is 0 Å². The molecule has 1 aliphatic heterocycles. The summed E-state index contributed by atoms with van der Waals surface area (Å²) in [5.74, 6) is 1.30. The Morgan fingerprint density at radius 3 is 2.31 bits per heavy atom. The Kier molecular flexibility index (Phi) is 3.86. The van der Waals surface area contributed by atoms with Gasteiger partial charge in [-0.3, -0.25) is 0 Å². The molecule has 0 bridgehead atoms. The van der Waals surface area contributed by atoms with Gasteiger partial charge in [-0.1, -0.05) is 0 Å². The molecule has 4 aromatic rings. The lowest BCUT2D eigenvalue weighted by molar-refractivity contribution is -0.140. The standard InChI is InChI=1S/C18H17F3N8/c1-12-10-13-15(22-3-5-29(13)25-12)26-6-8-27(9-7-26)16-17-24-14(18(19,20)21)11-28(17)4-2-23-16/h2-5,10-11H,6-9H2,1H3. The Balaban J connectivity index is 1.41. The molecule has 0 aromatic carbocycles. The quantitative estimate of drug-likeness (QED) is 0.513. The third-order valence-corrected chi connectivity index (χ3v) is 5.02. The summed E-state index contributed by atoms with van der Waals surface area (Å²) in [5, 5.41) is 4.41. The van der Waals surface area contributed by atoms with Crippen molar-refractivity contribution in [3.05, 3.63) is 48.4 Å². The van der Waals surface area contributed by atoms with E-state index in [4.69, 9.17) is 0 Å². The molecule has 5 heterocycles. The average molecular weight is 402 g/mol. The highest BCUT2D eigenvalue weighted by molar-refractivity contribution is 5.70. The minimum Gasteiger partial charge on any atom is -0.351 e. The second kappa shape index (κ2) is 6.33. The molecular formula is C18H17F3N8. The van der Waals surface area contributed by atoms with E-state index < -0.39 is 11.9 Å². The zero-order chi connectivity index (χ0) is 20.2. The lowest BCUT2D eigenvalue weighted by Crippen LogP contribution is -2.47. The molecule has 0 unspecified atom stereocenters. The van der Waals surface area contributed by atoms with Crippen molar-refractivity contribution in [1.82, 2.24) is 29.0 Å². The number of fused-ring (bicyclic) bond motifs is 2. The van der Waals surface area contributed by atoms with Crippen molar-refractivity contribution in [3.63, 3.8) is 0 Å². The molecule has 0 spiro atoms. The van der Waals surface area contributed by atoms with E-state index in [1.165, 1.54) is 16.8 Å². The normalized spacial score (nSPS) is 15.6. The maximum Gasteiger partial charge on any atom is 0.434 e. The number of piperazine rings is 1. The van der Waals surface area contributed by atoms with Crippen LogP contribution >= 0.6 is 0 Å². The van der Waals surface area contributed by atoms with Crippen LogP contribution in [0, 0.1) is 6.92 Å². The van der Waals surface area contributed by atoms with Gasteiger partial charge in [0.2, 0.25) is 0 Å². The predicted octanol–water partition coefficient (Wildman–Crippen LogP) is 2.43. The van der Waals surface area contributed by atoms with E-state index in [9.17, 15) is 13.2 Å². The third kappa shape index (κ3) is 3.02. The topological polar surface area (TPSA) is 66.9 Å². The number of alkyl halides is 3. The van der Waals surface area contributed by atoms with Gasteiger partial charge in [-0.25, -0.2) is 19.5 Å². The van der Waals surface area contributed by atoms with Crippen LogP contribution in [0.2, 0.25) is 0 Å². The van der Waals surface area contributed by atoms with Crippen LogP contribution in [0.4, 0.5) is 24.8 Å². The van der Waals surface area contributed by atoms with Gasteiger partial charge in [0.1, 0.15) is 5.52 Å². The first-order valence-corrected chi connectivity index (χ1v) is 9.12. The van der Waals surface area contributed by atoms with Crippen LogP contribution in [-0.4, -0.2) is 55.1 Å². The SMILES string of the molecule is Cc1cc2c(N3CCN(c4nccn5cc(C(F)(F)F)nc45)CC3)nccn2n1. The largest absolute Gasteiger partial charge is 0.434 e. The van der Waals surface area contributed by atoms with Gasteiger partial charge in [0.15, 0.2) is 23.0 Å². The van der Waals surface area contributed by atoms with Gasteiger partial charge in [0, 0.05) is 57.2 Å². The van der Waals surface area contributed by atoms with E-state index in [0.717, 1.165) is 23.2 Å². The van der Waals surface area contributed by atoms with Crippen LogP contribution in [0.25, 0.3) is 11.2 Å². The van der Waals surface area contributed by atoms with Crippen molar-refractivity contribution in [2.24, 2.45) is 0 Å². The van der Waals surface area contributed by atoms with Crippen molar-refractivity contribution in [2.75, 3.05) is 36.0 Å². The summed E-state index contributed by atoms with van der Waals surface area (Å²) >= 11 is 0. The van der Waals surface area contributed by atoms with Crippen LogP contribution in [0.5, 0.6) is 0 Å². The monoisotopic (exact) mass is 402 g/mol. The average Bonchev–Trinajstić information content (AvgIpc) is 3.30. The first-order valence-electron chi connectivity index (χ1n) is 9.12. The Morgan fingerprint density at radius 1 is 0.931 bits per heavy atom. The van der Waals surface area contributed by atoms with Gasteiger partial charge in [0.05, 0.1) is 5.69 Å². The first kappa shape index (κ1) is 17.7. The van der Waals surface area contributed by atoms with Gasteiger partial charge in [-0.05, 0) is 13.0 Å². The molecule has 29 heavy (non-hydrogen) atoms. The van der Waals surface area contributed by atoms with E-state index in [0.29, 0.717) is 32.0 Å². The van der Waals surface area contributed by atoms with Gasteiger partial charge < -0.3 is 14.2 Å². The molecule has 0 aliphatic carbocycles. The zero-order valence-corrected chi connectivity index (χ0v) is 15.5. The third-order valence-electron chi connectivity index (χ3n) is 5.02. The van der Waals surface area contributed by atoms with E-state index in [1.807, 2.05) is 24.1 Å². The van der Waals surface area contributed by atoms with Crippen LogP contribution in [-0.2, 0) is 6.18 Å². The smallest absolute Gasteiger partial charge is 0.351 e. The lowest BCUT2D eigenvalue weighted by Gasteiger charge is -2.36. The number of rotatable bonds is 2. The number of aryl methyl sites for hydroxylation is 1. The number of aromatic nitrogens is 6. The summed E-state index contributed by atoms with van der Waals surface area (Å²) in [4.78, 5) is 16.7. The summed E-state index contributed by atoms with van der Waals surface area (Å²) < 4.78 is 42.3. The number of anilines is 2. The summed E-state index contributed by atoms with van der Waals surface area (Å²) in [6.07, 6.45) is 2.99. The highest BCUT2D eigenvalue weighted by Gasteiger charge is 2.35. The van der Waals surface area contributed by atoms with Crippen LogP contribution < -0.4 is 9.80 Å². The zero-order valence-electron chi connectivity index (χ0n) is 15.5. The minimum atomic E-state index is -4.49. The van der Waals surface area contributed by atoms with E-state index in [-0.39, 0.29) is 5.65 Å². The second-order valence-electron chi connectivity index (χ2n) is 6.95. The van der Waals surface area contributed by atoms with Crippen molar-refractivity contribution in [1.29, 1.82) is 0 Å². The molecule has 1 saturated heterocycles. The summed E-state index contributed by atoms with van der Waals surface area (Å²) in [6, 6.07) is 1.99. The van der Waals surface area contributed by atoms with Gasteiger partial charge in [-0.2, -0.15) is 18.3 Å². The summed E-state index contributed by atoms with van der Waals surface area (Å²) in [7, 11) is 0. The fraction of sp³-hybridized carbons (Fsp3) is 0.333. The molecule has 0 saturated carbocycles. The molecule has 0 atom stereocenters. The minimum absolute atomic E-state index is 0.208. The first-order chi connectivity index (χ1) is 13.9. The lowest BCUT2D eigenvalue weighted by atomic mass is 10.3. The Morgan fingerprint density at radius 2 is 1.59 bits per heavy atom. The molecule has 4 aromatic heterocycles. The molecule has 0 radical (unpaired) electrons. The Hall–Kier alpha value is -3.37. The van der Waals surface area contributed by atoms with Crippen molar-refractivity contribution < 1.29 is 13.2 Å². The molecule has 150 valence electrons. The maximum atomic E-state index is 13.0. The van der Waals surface area contributed by atoms with E-state index in [1.54, 1.807) is 10.7 Å². The molecule has 0 amide bonds. The van der Waals surface area contributed by atoms with Gasteiger partial charge >= 0.3 is 6.18 Å². The van der Waals surface area contributed by atoms with Crippen LogP contribution in [0.3, 0.4) is 0 Å². The van der Waals surface area contributed by atoms with Crippen LogP contribution in [0.15, 0.2) is 37.1 Å². The molecular weight excluding hydrogens is 385 g/mol. The number of hydrogen-bond donors (Lipinski definition) is 0. The predicted molar refractivity (Wildman–Crippen MR) is 100 cm³/mol. The van der Waals surface area contributed by atoms with E-state index in [2.05, 4.69) is 25.0 Å². The fourth-order valence-corrected chi connectivity index (χ4v) is 3.67. The highest BCUT2D eigenvalue weighted by Crippen LogP contribution is 2.30. The number of hydrogen-bond acceptors (Lipinski definition) is 6. The molecule has 8 nitrogen and oxygen atoms in total. The fourth-order valence-electron chi connectivity index (χ4n) is 3.67. The number of halogens is 3. The van der Waals surface area contributed by atoms with Crippen molar-refractivity contribution in [3.8, 4) is 0 Å². The molecule has 11 heteroatoms. The highest BCUT2D eigenvalue weighted by atomic mass is 19.4. The summed E-state index contributed by atoms with van der Waals surface area (Å²) in [5.41, 5.74) is 1.13.